The topological polar surface area (TPSA) is 105 Å². The first-order valence-corrected chi connectivity index (χ1v) is 9.46. The van der Waals surface area contributed by atoms with Gasteiger partial charge < -0.3 is 9.15 Å². The van der Waals surface area contributed by atoms with E-state index < -0.39 is 16.9 Å². The monoisotopic (exact) mass is 382 g/mol. The number of fused-ring (bicyclic) bond motifs is 1. The van der Waals surface area contributed by atoms with Gasteiger partial charge in [-0.1, -0.05) is 30.3 Å². The number of H-pyrrole nitrogens is 2. The Hall–Kier alpha value is -2.93. The second kappa shape index (κ2) is 7.59. The van der Waals surface area contributed by atoms with Crippen molar-refractivity contribution < 1.29 is 9.15 Å². The van der Waals surface area contributed by atoms with Crippen molar-refractivity contribution in [2.45, 2.75) is 38.7 Å². The summed E-state index contributed by atoms with van der Waals surface area (Å²) in [4.78, 5) is 39.8. The average molecular weight is 382 g/mol. The largest absolute Gasteiger partial charge is 0.405 e. The molecule has 0 atom stereocenters. The van der Waals surface area contributed by atoms with Crippen LogP contribution in [0.15, 0.2) is 55.2 Å². The lowest BCUT2D eigenvalue weighted by molar-refractivity contribution is 0.0740. The number of hydrogen-bond acceptors (Lipinski definition) is 5. The second-order valence-corrected chi connectivity index (χ2v) is 7.53. The average Bonchev–Trinajstić information content (AvgIpc) is 3.41. The maximum Gasteiger partial charge on any atom is 0.337 e. The van der Waals surface area contributed by atoms with Gasteiger partial charge in [0.1, 0.15) is 5.39 Å². The maximum atomic E-state index is 12.1. The third-order valence-corrected chi connectivity index (χ3v) is 5.35. The molecule has 0 spiro atoms. The Labute approximate surface area is 160 Å². The van der Waals surface area contributed by atoms with Crippen LogP contribution in [-0.4, -0.2) is 16.6 Å². The normalized spacial score (nSPS) is 15.0. The van der Waals surface area contributed by atoms with Gasteiger partial charge in [-0.3, -0.25) is 14.8 Å². The molecule has 1 aliphatic carbocycles. The van der Waals surface area contributed by atoms with Gasteiger partial charge in [0.25, 0.3) is 5.56 Å². The standard InChI is InChI=1S/C21H22N2O5/c24-16-11-15(17-18(25)22-20(26)23-19(17)28-16)7-4-8-21(9-10-21)13-27-12-14-5-2-1-3-6-14/h1-3,5-6,11H,4,7-10,12-13H2,(H2,22,23,25,26). The van der Waals surface area contributed by atoms with Crippen molar-refractivity contribution in [1.29, 1.82) is 0 Å². The number of rotatable bonds is 8. The van der Waals surface area contributed by atoms with Crippen molar-refractivity contribution in [2.75, 3.05) is 6.61 Å². The number of hydrogen-bond donors (Lipinski definition) is 2. The fourth-order valence-corrected chi connectivity index (χ4v) is 3.63. The molecule has 4 rings (SSSR count). The van der Waals surface area contributed by atoms with Crippen molar-refractivity contribution in [1.82, 2.24) is 9.97 Å². The van der Waals surface area contributed by atoms with Gasteiger partial charge in [0.15, 0.2) is 0 Å². The Morgan fingerprint density at radius 2 is 1.86 bits per heavy atom. The van der Waals surface area contributed by atoms with Crippen molar-refractivity contribution in [3.8, 4) is 0 Å². The third-order valence-electron chi connectivity index (χ3n) is 5.35. The molecule has 0 saturated heterocycles. The van der Waals surface area contributed by atoms with Crippen LogP contribution < -0.4 is 16.9 Å². The lowest BCUT2D eigenvalue weighted by Gasteiger charge is -2.15. The highest BCUT2D eigenvalue weighted by molar-refractivity contribution is 5.75. The van der Waals surface area contributed by atoms with Crippen LogP contribution in [0.3, 0.4) is 0 Å². The number of aryl methyl sites for hydroxylation is 1. The quantitative estimate of drug-likeness (QED) is 0.623. The molecule has 1 aliphatic rings. The molecule has 1 aromatic carbocycles. The molecule has 0 aliphatic heterocycles. The van der Waals surface area contributed by atoms with Crippen molar-refractivity contribution >= 4 is 11.1 Å². The molecule has 1 fully saturated rings. The Morgan fingerprint density at radius 3 is 2.61 bits per heavy atom. The molecule has 7 nitrogen and oxygen atoms in total. The van der Waals surface area contributed by atoms with Crippen LogP contribution in [0, 0.1) is 5.41 Å². The second-order valence-electron chi connectivity index (χ2n) is 7.53. The molecule has 2 aromatic heterocycles. The van der Waals surface area contributed by atoms with Gasteiger partial charge in [-0.25, -0.2) is 9.59 Å². The minimum atomic E-state index is -0.690. The molecule has 1 saturated carbocycles. The summed E-state index contributed by atoms with van der Waals surface area (Å²) in [5, 5.41) is 0.240. The summed E-state index contributed by atoms with van der Waals surface area (Å²) in [5.74, 6) is 0. The summed E-state index contributed by atoms with van der Waals surface area (Å²) >= 11 is 0. The summed E-state index contributed by atoms with van der Waals surface area (Å²) in [6.45, 7) is 1.32. The lowest BCUT2D eigenvalue weighted by Crippen LogP contribution is -2.24. The van der Waals surface area contributed by atoms with E-state index >= 15 is 0 Å². The fraction of sp³-hybridized carbons (Fsp3) is 0.381. The molecule has 0 bridgehead atoms. The molecular weight excluding hydrogens is 360 g/mol. The van der Waals surface area contributed by atoms with E-state index in [4.69, 9.17) is 9.15 Å². The first-order valence-electron chi connectivity index (χ1n) is 9.46. The summed E-state index contributed by atoms with van der Waals surface area (Å²) in [7, 11) is 0. The predicted molar refractivity (Wildman–Crippen MR) is 104 cm³/mol. The fourth-order valence-electron chi connectivity index (χ4n) is 3.63. The van der Waals surface area contributed by atoms with Crippen LogP contribution >= 0.6 is 0 Å². The smallest absolute Gasteiger partial charge is 0.337 e. The number of aromatic nitrogens is 2. The van der Waals surface area contributed by atoms with E-state index in [0.29, 0.717) is 25.2 Å². The number of aromatic amines is 2. The van der Waals surface area contributed by atoms with Gasteiger partial charge in [-0.15, -0.1) is 0 Å². The van der Waals surface area contributed by atoms with E-state index in [-0.39, 0.29) is 16.5 Å². The Kier molecular flexibility index (Phi) is 5.00. The van der Waals surface area contributed by atoms with Crippen LogP contribution in [0.25, 0.3) is 11.1 Å². The summed E-state index contributed by atoms with van der Waals surface area (Å²) < 4.78 is 10.9. The first kappa shape index (κ1) is 18.4. The highest BCUT2D eigenvalue weighted by atomic mass is 16.5. The van der Waals surface area contributed by atoms with E-state index in [1.54, 1.807) is 0 Å². The van der Waals surface area contributed by atoms with E-state index in [0.717, 1.165) is 31.2 Å². The zero-order valence-corrected chi connectivity index (χ0v) is 15.5. The highest BCUT2D eigenvalue weighted by Gasteiger charge is 2.42. The van der Waals surface area contributed by atoms with Crippen molar-refractivity contribution in [2.24, 2.45) is 5.41 Å². The van der Waals surface area contributed by atoms with Gasteiger partial charge in [-0.2, -0.15) is 0 Å². The van der Waals surface area contributed by atoms with Crippen molar-refractivity contribution in [3.05, 3.63) is 78.8 Å². The molecule has 0 amide bonds. The maximum absolute atomic E-state index is 12.1. The Morgan fingerprint density at radius 1 is 1.07 bits per heavy atom. The van der Waals surface area contributed by atoms with Crippen LogP contribution in [0.1, 0.15) is 36.8 Å². The molecule has 0 radical (unpaired) electrons. The van der Waals surface area contributed by atoms with E-state index in [9.17, 15) is 14.4 Å². The van der Waals surface area contributed by atoms with Crippen molar-refractivity contribution in [3.63, 3.8) is 0 Å². The van der Waals surface area contributed by atoms with Crippen LogP contribution in [-0.2, 0) is 17.8 Å². The first-order chi connectivity index (χ1) is 13.5. The van der Waals surface area contributed by atoms with Crippen LogP contribution in [0.2, 0.25) is 0 Å². The van der Waals surface area contributed by atoms with Crippen LogP contribution in [0.4, 0.5) is 0 Å². The molecule has 7 heteroatoms. The molecule has 2 heterocycles. The minimum absolute atomic E-state index is 0.0661. The third kappa shape index (κ3) is 4.14. The molecule has 28 heavy (non-hydrogen) atoms. The van der Waals surface area contributed by atoms with Gasteiger partial charge >= 0.3 is 11.3 Å². The zero-order chi connectivity index (χ0) is 19.6. The highest BCUT2D eigenvalue weighted by Crippen LogP contribution is 2.50. The molecule has 3 aromatic rings. The van der Waals surface area contributed by atoms with Gasteiger partial charge in [0, 0.05) is 6.07 Å². The molecule has 146 valence electrons. The van der Waals surface area contributed by atoms with E-state index in [1.165, 1.54) is 6.07 Å². The Bertz CT molecular complexity index is 1130. The molecule has 2 N–H and O–H groups in total. The van der Waals surface area contributed by atoms with E-state index in [2.05, 4.69) is 9.97 Å². The molecule has 0 unspecified atom stereocenters. The molecular formula is C21H22N2O5. The van der Waals surface area contributed by atoms with Crippen LogP contribution in [0.5, 0.6) is 0 Å². The lowest BCUT2D eigenvalue weighted by atomic mass is 9.97. The number of benzene rings is 1. The predicted octanol–water partition coefficient (Wildman–Crippen LogP) is 2.49. The summed E-state index contributed by atoms with van der Waals surface area (Å²) in [6, 6.07) is 11.4. The minimum Gasteiger partial charge on any atom is -0.405 e. The van der Waals surface area contributed by atoms with E-state index in [1.807, 2.05) is 30.3 Å². The number of ether oxygens (including phenoxy) is 1. The summed E-state index contributed by atoms with van der Waals surface area (Å²) in [5.41, 5.74) is 0.0960. The number of nitrogens with one attached hydrogen (secondary N) is 2. The van der Waals surface area contributed by atoms with Gasteiger partial charge in [0.05, 0.1) is 13.2 Å². The van der Waals surface area contributed by atoms with Gasteiger partial charge in [0.2, 0.25) is 5.71 Å². The SMILES string of the molecule is O=c1[nH]c(=O)c2c(CCCC3(COCc4ccccc4)CC3)cc(=O)oc2[nH]1. The zero-order valence-electron chi connectivity index (χ0n) is 15.5. The van der Waals surface area contributed by atoms with Gasteiger partial charge in [-0.05, 0) is 48.6 Å². The Balaban J connectivity index is 1.38. The summed E-state index contributed by atoms with van der Waals surface area (Å²) in [6.07, 6.45) is 4.62.